The van der Waals surface area contributed by atoms with Gasteiger partial charge in [-0.25, -0.2) is 0 Å². The van der Waals surface area contributed by atoms with E-state index in [1.54, 1.807) is 0 Å². The van der Waals surface area contributed by atoms with Gasteiger partial charge in [-0.05, 0) is 56.2 Å². The summed E-state index contributed by atoms with van der Waals surface area (Å²) in [6.45, 7) is 5.14. The summed E-state index contributed by atoms with van der Waals surface area (Å²) >= 11 is 1.28. The predicted molar refractivity (Wildman–Crippen MR) is 109 cm³/mol. The van der Waals surface area contributed by atoms with Gasteiger partial charge in [0.25, 0.3) is 5.22 Å². The van der Waals surface area contributed by atoms with Crippen molar-refractivity contribution in [2.45, 2.75) is 30.7 Å². The van der Waals surface area contributed by atoms with E-state index in [0.717, 1.165) is 23.4 Å². The van der Waals surface area contributed by atoms with Crippen LogP contribution in [0, 0.1) is 0 Å². The van der Waals surface area contributed by atoms with E-state index in [-0.39, 0.29) is 11.2 Å². The molecule has 4 rings (SSSR count). The first kappa shape index (κ1) is 18.6. The minimum absolute atomic E-state index is 0.0516. The number of thioether (sulfide) groups is 1. The summed E-state index contributed by atoms with van der Waals surface area (Å²) in [5.41, 5.74) is 3.03. The van der Waals surface area contributed by atoms with E-state index in [9.17, 15) is 4.79 Å². The zero-order valence-corrected chi connectivity index (χ0v) is 16.6. The first-order valence-corrected chi connectivity index (χ1v) is 10.2. The molecule has 0 N–H and O–H groups in total. The Balaban J connectivity index is 1.43. The molecule has 6 nitrogen and oxygen atoms in total. The third kappa shape index (κ3) is 3.75. The highest BCUT2D eigenvalue weighted by Crippen LogP contribution is 2.32. The molecule has 0 bridgehead atoms. The number of nitrogens with zero attached hydrogens (tertiary/aromatic N) is 3. The van der Waals surface area contributed by atoms with Crippen molar-refractivity contribution in [1.82, 2.24) is 10.2 Å². The number of hydrogen-bond donors (Lipinski definition) is 0. The lowest BCUT2D eigenvalue weighted by Gasteiger charge is -2.20. The Hall–Kier alpha value is -2.80. The maximum atomic E-state index is 12.9. The lowest BCUT2D eigenvalue weighted by atomic mass is 10.2. The summed E-state index contributed by atoms with van der Waals surface area (Å²) in [5.74, 6) is 1.28. The number of para-hydroxylation sites is 1. The topological polar surface area (TPSA) is 68.5 Å². The molecule has 1 aliphatic rings. The molecular formula is C21H21N3O3S. The third-order valence-electron chi connectivity index (χ3n) is 4.60. The summed E-state index contributed by atoms with van der Waals surface area (Å²) < 4.78 is 11.2. The average molecular weight is 395 g/mol. The molecule has 1 aromatic heterocycles. The fourth-order valence-corrected chi connectivity index (χ4v) is 3.97. The maximum absolute atomic E-state index is 12.9. The Bertz CT molecular complexity index is 971. The fourth-order valence-electron chi connectivity index (χ4n) is 3.22. The Morgan fingerprint density at radius 1 is 1.21 bits per heavy atom. The molecule has 0 aliphatic carbocycles. The van der Waals surface area contributed by atoms with Gasteiger partial charge in [0.05, 0.1) is 11.9 Å². The zero-order valence-electron chi connectivity index (χ0n) is 15.8. The number of rotatable bonds is 6. The van der Waals surface area contributed by atoms with Crippen LogP contribution < -0.4 is 9.64 Å². The highest BCUT2D eigenvalue weighted by atomic mass is 32.2. The van der Waals surface area contributed by atoms with E-state index in [1.165, 1.54) is 17.3 Å². The smallest absolute Gasteiger partial charge is 0.277 e. The molecule has 3 aromatic rings. The number of aromatic nitrogens is 2. The number of anilines is 1. The Kier molecular flexibility index (Phi) is 5.34. The Morgan fingerprint density at radius 3 is 2.79 bits per heavy atom. The molecule has 1 aliphatic heterocycles. The largest absolute Gasteiger partial charge is 0.494 e. The molecule has 0 fully saturated rings. The molecule has 144 valence electrons. The number of hydrogen-bond acceptors (Lipinski definition) is 6. The lowest BCUT2D eigenvalue weighted by Crippen LogP contribution is -2.35. The SMILES string of the molecule is CCOc1ccc(-c2nnc(S[C@@H](C)C(=O)N3CCc4ccccc43)o2)cc1. The number of amides is 1. The number of benzene rings is 2. The monoisotopic (exact) mass is 395 g/mol. The normalized spacial score (nSPS) is 14.0. The fraction of sp³-hybridized carbons (Fsp3) is 0.286. The summed E-state index contributed by atoms with van der Waals surface area (Å²) in [6.07, 6.45) is 0.891. The van der Waals surface area contributed by atoms with Crippen molar-refractivity contribution >= 4 is 23.4 Å². The van der Waals surface area contributed by atoms with Gasteiger partial charge in [0.15, 0.2) is 0 Å². The number of carbonyl (C=O) groups is 1. The number of fused-ring (bicyclic) bond motifs is 1. The Morgan fingerprint density at radius 2 is 2.00 bits per heavy atom. The van der Waals surface area contributed by atoms with E-state index < -0.39 is 0 Å². The summed E-state index contributed by atoms with van der Waals surface area (Å²) in [4.78, 5) is 14.7. The standard InChI is InChI=1S/C21H21N3O3S/c1-3-26-17-10-8-16(9-11-17)19-22-23-21(27-19)28-14(2)20(25)24-13-12-15-6-4-5-7-18(15)24/h4-11,14H,3,12-13H2,1-2H3/t14-/m0/s1. The molecule has 7 heteroatoms. The van der Waals surface area contributed by atoms with Crippen LogP contribution in [0.15, 0.2) is 58.2 Å². The van der Waals surface area contributed by atoms with Crippen molar-refractivity contribution < 1.29 is 13.9 Å². The van der Waals surface area contributed by atoms with Crippen LogP contribution in [-0.2, 0) is 11.2 Å². The van der Waals surface area contributed by atoms with Crippen molar-refractivity contribution in [2.75, 3.05) is 18.1 Å². The van der Waals surface area contributed by atoms with Gasteiger partial charge in [-0.2, -0.15) is 0 Å². The molecule has 0 spiro atoms. The van der Waals surface area contributed by atoms with Gasteiger partial charge < -0.3 is 14.1 Å². The van der Waals surface area contributed by atoms with Crippen molar-refractivity contribution in [1.29, 1.82) is 0 Å². The van der Waals surface area contributed by atoms with Gasteiger partial charge in [0.2, 0.25) is 11.8 Å². The molecule has 2 heterocycles. The van der Waals surface area contributed by atoms with Crippen LogP contribution in [0.2, 0.25) is 0 Å². The molecule has 0 unspecified atom stereocenters. The van der Waals surface area contributed by atoms with E-state index in [1.807, 2.05) is 61.2 Å². The van der Waals surface area contributed by atoms with Crippen molar-refractivity contribution in [2.24, 2.45) is 0 Å². The molecular weight excluding hydrogens is 374 g/mol. The second-order valence-electron chi connectivity index (χ2n) is 6.46. The van der Waals surface area contributed by atoms with Gasteiger partial charge in [-0.3, -0.25) is 4.79 Å². The molecule has 0 radical (unpaired) electrons. The Labute approximate surface area is 167 Å². The first-order chi connectivity index (χ1) is 13.7. The molecule has 2 aromatic carbocycles. The third-order valence-corrected chi connectivity index (χ3v) is 5.52. The quantitative estimate of drug-likeness (QED) is 0.583. The van der Waals surface area contributed by atoms with Crippen molar-refractivity contribution in [3.8, 4) is 17.2 Å². The van der Waals surface area contributed by atoms with Crippen LogP contribution in [0.25, 0.3) is 11.5 Å². The second-order valence-corrected chi connectivity index (χ2v) is 7.75. The maximum Gasteiger partial charge on any atom is 0.277 e. The molecule has 0 saturated heterocycles. The second kappa shape index (κ2) is 8.06. The number of ether oxygens (including phenoxy) is 1. The summed E-state index contributed by atoms with van der Waals surface area (Å²) in [6, 6.07) is 15.5. The molecule has 1 amide bonds. The van der Waals surface area contributed by atoms with E-state index in [4.69, 9.17) is 9.15 Å². The first-order valence-electron chi connectivity index (χ1n) is 9.28. The van der Waals surface area contributed by atoms with Gasteiger partial charge in [0, 0.05) is 17.8 Å². The van der Waals surface area contributed by atoms with E-state index in [0.29, 0.717) is 24.3 Å². The van der Waals surface area contributed by atoms with Gasteiger partial charge >= 0.3 is 0 Å². The number of carbonyl (C=O) groups excluding carboxylic acids is 1. The van der Waals surface area contributed by atoms with Gasteiger partial charge in [0.1, 0.15) is 5.75 Å². The van der Waals surface area contributed by atoms with Crippen LogP contribution in [0.4, 0.5) is 5.69 Å². The van der Waals surface area contributed by atoms with Crippen LogP contribution in [0.3, 0.4) is 0 Å². The average Bonchev–Trinajstić information content (AvgIpc) is 3.35. The molecule has 28 heavy (non-hydrogen) atoms. The van der Waals surface area contributed by atoms with E-state index in [2.05, 4.69) is 16.3 Å². The van der Waals surface area contributed by atoms with Crippen molar-refractivity contribution in [3.63, 3.8) is 0 Å². The lowest BCUT2D eigenvalue weighted by molar-refractivity contribution is -0.117. The van der Waals surface area contributed by atoms with E-state index >= 15 is 0 Å². The summed E-state index contributed by atoms with van der Waals surface area (Å²) in [5, 5.41) is 8.26. The van der Waals surface area contributed by atoms with Crippen LogP contribution in [0.5, 0.6) is 5.75 Å². The minimum atomic E-state index is -0.320. The van der Waals surface area contributed by atoms with Crippen LogP contribution in [-0.4, -0.2) is 34.5 Å². The molecule has 0 saturated carbocycles. The predicted octanol–water partition coefficient (Wildman–Crippen LogP) is 4.21. The van der Waals surface area contributed by atoms with Gasteiger partial charge in [-0.15, -0.1) is 10.2 Å². The van der Waals surface area contributed by atoms with Gasteiger partial charge in [-0.1, -0.05) is 30.0 Å². The molecule has 1 atom stereocenters. The van der Waals surface area contributed by atoms with Crippen molar-refractivity contribution in [3.05, 3.63) is 54.1 Å². The highest BCUT2D eigenvalue weighted by Gasteiger charge is 2.29. The zero-order chi connectivity index (χ0) is 19.5. The minimum Gasteiger partial charge on any atom is -0.494 e. The van der Waals surface area contributed by atoms with Crippen LogP contribution in [0.1, 0.15) is 19.4 Å². The summed E-state index contributed by atoms with van der Waals surface area (Å²) in [7, 11) is 0. The van der Waals surface area contributed by atoms with Crippen LogP contribution >= 0.6 is 11.8 Å². The highest BCUT2D eigenvalue weighted by molar-refractivity contribution is 8.00.